The second kappa shape index (κ2) is 13.2. The summed E-state index contributed by atoms with van der Waals surface area (Å²) in [7, 11) is 0. The van der Waals surface area contributed by atoms with Gasteiger partial charge < -0.3 is 4.42 Å². The van der Waals surface area contributed by atoms with Crippen LogP contribution in [0.2, 0.25) is 0 Å². The zero-order chi connectivity index (χ0) is 41.2. The molecule has 0 fully saturated rings. The van der Waals surface area contributed by atoms with Gasteiger partial charge in [-0.1, -0.05) is 152 Å². The molecule has 0 spiro atoms. The number of aromatic nitrogens is 4. The highest BCUT2D eigenvalue weighted by atomic mass is 32.1. The summed E-state index contributed by atoms with van der Waals surface area (Å²) in [4.78, 5) is 16.1. The standard InChI is InChI=1S/C57H32N4OS/c1-2-13-36-30-38(21-20-33(36)10-1)55-58-56(39-23-26-44-43-16-7-8-19-48(43)62-49(44)31-39)60-57(59-55)61-47-28-24-34-11-3-5-14-40(34)52(47)46-18-9-17-42(54(46)61)37-22-27-45-51(32-37)63-50-29-25-35-12-4-6-15-41(35)53(45)50/h1-32H. The highest BCUT2D eigenvalue weighted by Gasteiger charge is 2.23. The second-order valence-electron chi connectivity index (χ2n) is 16.3. The Hall–Kier alpha value is -8.19. The van der Waals surface area contributed by atoms with Crippen molar-refractivity contribution in [3.05, 3.63) is 194 Å². The smallest absolute Gasteiger partial charge is 0.238 e. The van der Waals surface area contributed by atoms with Crippen molar-refractivity contribution in [3.8, 4) is 39.9 Å². The number of benzene rings is 10. The van der Waals surface area contributed by atoms with Gasteiger partial charge in [-0.2, -0.15) is 9.97 Å². The number of fused-ring (bicyclic) bond motifs is 14. The van der Waals surface area contributed by atoms with E-state index < -0.39 is 0 Å². The number of hydrogen-bond donors (Lipinski definition) is 0. The van der Waals surface area contributed by atoms with Crippen molar-refractivity contribution in [2.24, 2.45) is 0 Å². The molecule has 0 N–H and O–H groups in total. The van der Waals surface area contributed by atoms with Gasteiger partial charge in [0, 0.05) is 58.4 Å². The van der Waals surface area contributed by atoms with E-state index in [4.69, 9.17) is 19.4 Å². The third kappa shape index (κ3) is 5.19. The Labute approximate surface area is 363 Å². The lowest BCUT2D eigenvalue weighted by atomic mass is 9.98. The van der Waals surface area contributed by atoms with Crippen LogP contribution < -0.4 is 0 Å². The summed E-state index contributed by atoms with van der Waals surface area (Å²) >= 11 is 1.85. The average molecular weight is 821 g/mol. The molecular formula is C57H32N4OS. The summed E-state index contributed by atoms with van der Waals surface area (Å²) in [6.07, 6.45) is 0. The molecule has 5 nitrogen and oxygen atoms in total. The molecule has 63 heavy (non-hydrogen) atoms. The van der Waals surface area contributed by atoms with Gasteiger partial charge in [0.1, 0.15) is 11.2 Å². The van der Waals surface area contributed by atoms with Crippen LogP contribution in [0.25, 0.3) is 136 Å². The zero-order valence-corrected chi connectivity index (χ0v) is 34.4. The van der Waals surface area contributed by atoms with E-state index in [1.54, 1.807) is 0 Å². The summed E-state index contributed by atoms with van der Waals surface area (Å²) in [5, 5.41) is 14.2. The lowest BCUT2D eigenvalue weighted by molar-refractivity contribution is 0.669. The predicted octanol–water partition coefficient (Wildman–Crippen LogP) is 15.7. The molecule has 14 aromatic rings. The second-order valence-corrected chi connectivity index (χ2v) is 17.4. The van der Waals surface area contributed by atoms with Crippen molar-refractivity contribution in [1.82, 2.24) is 19.5 Å². The first-order valence-corrected chi connectivity index (χ1v) is 22.0. The topological polar surface area (TPSA) is 56.7 Å². The van der Waals surface area contributed by atoms with E-state index in [1.165, 1.54) is 41.7 Å². The zero-order valence-electron chi connectivity index (χ0n) is 33.6. The van der Waals surface area contributed by atoms with Crippen molar-refractivity contribution < 1.29 is 4.42 Å². The first kappa shape index (κ1) is 34.5. The highest BCUT2D eigenvalue weighted by molar-refractivity contribution is 7.26. The summed E-state index contributed by atoms with van der Waals surface area (Å²) in [5.41, 5.74) is 7.72. The minimum absolute atomic E-state index is 0.546. The van der Waals surface area contributed by atoms with Crippen LogP contribution in [-0.2, 0) is 0 Å². The van der Waals surface area contributed by atoms with Crippen molar-refractivity contribution in [2.75, 3.05) is 0 Å². The molecule has 0 saturated carbocycles. The Kier molecular flexibility index (Phi) is 7.21. The molecule has 4 aromatic heterocycles. The Morgan fingerprint density at radius 3 is 1.84 bits per heavy atom. The molecule has 4 heterocycles. The number of rotatable bonds is 4. The maximum absolute atomic E-state index is 6.40. The first-order chi connectivity index (χ1) is 31.2. The summed E-state index contributed by atoms with van der Waals surface area (Å²) in [6.45, 7) is 0. The molecule has 0 saturated heterocycles. The number of furan rings is 1. The van der Waals surface area contributed by atoms with Crippen molar-refractivity contribution in [1.29, 1.82) is 0 Å². The largest absolute Gasteiger partial charge is 0.456 e. The minimum Gasteiger partial charge on any atom is -0.456 e. The SMILES string of the molecule is c1ccc2cc(-c3nc(-c4ccc5c(c4)oc4ccccc45)nc(-n4c5ccc6ccccc6c5c5cccc(-c6ccc7c(c6)sc6ccc8ccccc8c67)c54)n3)ccc2c1. The maximum atomic E-state index is 6.40. The van der Waals surface area contributed by atoms with Gasteiger partial charge in [0.15, 0.2) is 11.6 Å². The van der Waals surface area contributed by atoms with E-state index >= 15 is 0 Å². The average Bonchev–Trinajstić information content (AvgIpc) is 4.03. The van der Waals surface area contributed by atoms with Crippen LogP contribution in [-0.4, -0.2) is 19.5 Å². The van der Waals surface area contributed by atoms with E-state index in [-0.39, 0.29) is 0 Å². The van der Waals surface area contributed by atoms with Gasteiger partial charge in [-0.15, -0.1) is 11.3 Å². The Morgan fingerprint density at radius 2 is 1.00 bits per heavy atom. The van der Waals surface area contributed by atoms with Gasteiger partial charge in [-0.3, -0.25) is 4.57 Å². The number of hydrogen-bond acceptors (Lipinski definition) is 5. The van der Waals surface area contributed by atoms with Crippen molar-refractivity contribution in [3.63, 3.8) is 0 Å². The first-order valence-electron chi connectivity index (χ1n) is 21.2. The highest BCUT2D eigenvalue weighted by Crippen LogP contribution is 2.44. The normalized spacial score (nSPS) is 12.1. The molecule has 0 aliphatic heterocycles. The van der Waals surface area contributed by atoms with Gasteiger partial charge in [-0.05, 0) is 80.3 Å². The molecule has 14 rings (SSSR count). The van der Waals surface area contributed by atoms with E-state index in [0.29, 0.717) is 17.6 Å². The van der Waals surface area contributed by atoms with Gasteiger partial charge >= 0.3 is 0 Å². The fourth-order valence-corrected chi connectivity index (χ4v) is 11.1. The van der Waals surface area contributed by atoms with Crippen molar-refractivity contribution >= 4 is 108 Å². The summed E-state index contributed by atoms with van der Waals surface area (Å²) < 4.78 is 11.2. The molecule has 0 bridgehead atoms. The molecule has 0 radical (unpaired) electrons. The van der Waals surface area contributed by atoms with Crippen LogP contribution in [0.15, 0.2) is 199 Å². The van der Waals surface area contributed by atoms with Crippen LogP contribution in [0.1, 0.15) is 0 Å². The lowest BCUT2D eigenvalue weighted by Crippen LogP contribution is -2.07. The van der Waals surface area contributed by atoms with E-state index in [9.17, 15) is 0 Å². The number of thiophene rings is 1. The van der Waals surface area contributed by atoms with Crippen LogP contribution in [0.5, 0.6) is 0 Å². The number of nitrogens with zero attached hydrogens (tertiary/aromatic N) is 4. The van der Waals surface area contributed by atoms with Gasteiger partial charge in [0.05, 0.1) is 11.0 Å². The third-order valence-corrected chi connectivity index (χ3v) is 13.9. The fraction of sp³-hybridized carbons (Fsp3) is 0. The van der Waals surface area contributed by atoms with Gasteiger partial charge in [-0.25, -0.2) is 4.98 Å². The quantitative estimate of drug-likeness (QED) is 0.177. The minimum atomic E-state index is 0.546. The molecule has 0 aliphatic rings. The molecule has 0 amide bonds. The summed E-state index contributed by atoms with van der Waals surface area (Å²) in [6, 6.07) is 69.2. The third-order valence-electron chi connectivity index (χ3n) is 12.8. The number of para-hydroxylation sites is 2. The van der Waals surface area contributed by atoms with Crippen molar-refractivity contribution in [2.45, 2.75) is 0 Å². The lowest BCUT2D eigenvalue weighted by Gasteiger charge is -2.13. The monoisotopic (exact) mass is 820 g/mol. The van der Waals surface area contributed by atoms with E-state index in [2.05, 4.69) is 180 Å². The Balaban J connectivity index is 1.06. The predicted molar refractivity (Wildman–Crippen MR) is 263 cm³/mol. The molecule has 0 unspecified atom stereocenters. The van der Waals surface area contributed by atoms with Gasteiger partial charge in [0.2, 0.25) is 5.95 Å². The Morgan fingerprint density at radius 1 is 0.381 bits per heavy atom. The molecule has 0 aliphatic carbocycles. The summed E-state index contributed by atoms with van der Waals surface area (Å²) in [5.74, 6) is 1.71. The van der Waals surface area contributed by atoms with Crippen LogP contribution in [0, 0.1) is 0 Å². The molecule has 0 atom stereocenters. The molecule has 10 aromatic carbocycles. The molecular weight excluding hydrogens is 789 g/mol. The van der Waals surface area contributed by atoms with E-state index in [1.807, 2.05) is 29.5 Å². The Bertz CT molecular complexity index is 4230. The molecule has 292 valence electrons. The van der Waals surface area contributed by atoms with Crippen LogP contribution >= 0.6 is 11.3 Å². The fourth-order valence-electron chi connectivity index (χ4n) is 9.91. The van der Waals surface area contributed by atoms with Crippen LogP contribution in [0.4, 0.5) is 0 Å². The van der Waals surface area contributed by atoms with Crippen LogP contribution in [0.3, 0.4) is 0 Å². The van der Waals surface area contributed by atoms with Gasteiger partial charge in [0.25, 0.3) is 0 Å². The van der Waals surface area contributed by atoms with E-state index in [0.717, 1.165) is 76.8 Å². The molecule has 6 heteroatoms. The maximum Gasteiger partial charge on any atom is 0.238 e.